The third-order valence-electron chi connectivity index (χ3n) is 4.28. The van der Waals surface area contributed by atoms with Gasteiger partial charge in [0.25, 0.3) is 0 Å². The Balaban J connectivity index is 1.48. The smallest absolute Gasteiger partial charge is 0.133 e. The van der Waals surface area contributed by atoms with E-state index in [-0.39, 0.29) is 0 Å². The Hall–Kier alpha value is -1.94. The van der Waals surface area contributed by atoms with Gasteiger partial charge in [-0.2, -0.15) is 0 Å². The first-order chi connectivity index (χ1) is 10.7. The average molecular weight is 296 g/mol. The molecular weight excluding hydrogens is 272 g/mol. The van der Waals surface area contributed by atoms with Crippen LogP contribution in [-0.4, -0.2) is 27.9 Å². The molecule has 1 aliphatic rings. The van der Waals surface area contributed by atoms with Crippen molar-refractivity contribution in [1.29, 1.82) is 0 Å². The maximum Gasteiger partial charge on any atom is 0.133 e. The molecule has 0 aliphatic carbocycles. The second kappa shape index (κ2) is 6.88. The lowest BCUT2D eigenvalue weighted by Gasteiger charge is -2.24. The second-order valence-corrected chi connectivity index (χ2v) is 6.21. The minimum atomic E-state index is 0.673. The van der Waals surface area contributed by atoms with Crippen molar-refractivity contribution >= 4 is 6.08 Å². The molecule has 1 aliphatic heterocycles. The third kappa shape index (κ3) is 3.63. The quantitative estimate of drug-likeness (QED) is 0.922. The zero-order chi connectivity index (χ0) is 15.4. The van der Waals surface area contributed by atoms with Gasteiger partial charge in [0.1, 0.15) is 11.6 Å². The molecule has 0 fully saturated rings. The number of aryl methyl sites for hydroxylation is 2. The lowest BCUT2D eigenvalue weighted by Crippen LogP contribution is -2.31. The molecule has 0 spiro atoms. The summed E-state index contributed by atoms with van der Waals surface area (Å²) in [5.41, 5.74) is 2.63. The summed E-state index contributed by atoms with van der Waals surface area (Å²) in [6.07, 6.45) is 4.49. The monoisotopic (exact) mass is 296 g/mol. The predicted molar refractivity (Wildman–Crippen MR) is 89.5 cm³/mol. The van der Waals surface area contributed by atoms with E-state index >= 15 is 0 Å². The fraction of sp³-hybridized carbons (Fsp3) is 0.444. The summed E-state index contributed by atoms with van der Waals surface area (Å²) in [7, 11) is 0. The van der Waals surface area contributed by atoms with Crippen LogP contribution in [0.1, 0.15) is 30.6 Å². The summed E-state index contributed by atoms with van der Waals surface area (Å²) >= 11 is 0. The molecule has 0 saturated heterocycles. The number of hydrogen-bond donors (Lipinski definition) is 1. The normalized spacial score (nSPS) is 18.3. The van der Waals surface area contributed by atoms with Crippen LogP contribution >= 0.6 is 0 Å². The van der Waals surface area contributed by atoms with E-state index in [1.165, 1.54) is 17.6 Å². The lowest BCUT2D eigenvalue weighted by molar-refractivity contribution is 0.348. The molecule has 4 heteroatoms. The fourth-order valence-electron chi connectivity index (χ4n) is 3.05. The van der Waals surface area contributed by atoms with Gasteiger partial charge in [-0.1, -0.05) is 42.0 Å². The molecule has 1 aromatic heterocycles. The van der Waals surface area contributed by atoms with Crippen LogP contribution in [0.2, 0.25) is 0 Å². The van der Waals surface area contributed by atoms with E-state index in [0.717, 1.165) is 37.7 Å². The minimum absolute atomic E-state index is 0.673. The number of nitrogens with zero attached hydrogens (tertiary/aromatic N) is 3. The first-order valence-corrected chi connectivity index (χ1v) is 8.04. The molecule has 1 atom stereocenters. The van der Waals surface area contributed by atoms with E-state index in [1.54, 1.807) is 0 Å². The van der Waals surface area contributed by atoms with Gasteiger partial charge in [0, 0.05) is 19.5 Å². The molecule has 116 valence electrons. The van der Waals surface area contributed by atoms with Gasteiger partial charge in [-0.05, 0) is 38.3 Å². The molecule has 2 heterocycles. The van der Waals surface area contributed by atoms with Gasteiger partial charge in [-0.15, -0.1) is 10.2 Å². The summed E-state index contributed by atoms with van der Waals surface area (Å²) in [4.78, 5) is 0. The van der Waals surface area contributed by atoms with Crippen LogP contribution in [-0.2, 0) is 13.0 Å². The van der Waals surface area contributed by atoms with E-state index < -0.39 is 0 Å². The Kier molecular flexibility index (Phi) is 4.68. The molecule has 22 heavy (non-hydrogen) atoms. The number of benzene rings is 1. The SMILES string of the molecule is C/C(=C\c1ccccc1)CNCC1CCc2nnc(C)n2C1. The molecule has 1 unspecified atom stereocenters. The Morgan fingerprint density at radius 2 is 2.14 bits per heavy atom. The van der Waals surface area contributed by atoms with Crippen molar-refractivity contribution in [3.05, 3.63) is 53.1 Å². The standard InChI is InChI=1S/C18H24N4/c1-14(10-16-6-4-3-5-7-16)11-19-12-17-8-9-18-21-20-15(2)22(18)13-17/h3-7,10,17,19H,8-9,11-13H2,1-2H3/b14-10+. The van der Waals surface area contributed by atoms with Crippen molar-refractivity contribution < 1.29 is 0 Å². The van der Waals surface area contributed by atoms with Crippen molar-refractivity contribution in [3.8, 4) is 0 Å². The Labute approximate surface area is 132 Å². The van der Waals surface area contributed by atoms with Crippen LogP contribution in [0.5, 0.6) is 0 Å². The molecule has 0 saturated carbocycles. The van der Waals surface area contributed by atoms with Crippen molar-refractivity contribution in [2.75, 3.05) is 13.1 Å². The molecule has 3 rings (SSSR count). The maximum absolute atomic E-state index is 4.23. The highest BCUT2D eigenvalue weighted by Gasteiger charge is 2.20. The molecule has 1 N–H and O–H groups in total. The van der Waals surface area contributed by atoms with Gasteiger partial charge < -0.3 is 9.88 Å². The Morgan fingerprint density at radius 1 is 1.32 bits per heavy atom. The van der Waals surface area contributed by atoms with Crippen LogP contribution in [0.25, 0.3) is 6.08 Å². The number of nitrogens with one attached hydrogen (secondary N) is 1. The molecule has 0 radical (unpaired) electrons. The molecule has 0 bridgehead atoms. The van der Waals surface area contributed by atoms with Gasteiger partial charge in [-0.3, -0.25) is 0 Å². The topological polar surface area (TPSA) is 42.7 Å². The molecule has 1 aromatic carbocycles. The highest BCUT2D eigenvalue weighted by atomic mass is 15.3. The van der Waals surface area contributed by atoms with Crippen LogP contribution < -0.4 is 5.32 Å². The van der Waals surface area contributed by atoms with Crippen LogP contribution in [0.15, 0.2) is 35.9 Å². The van der Waals surface area contributed by atoms with Gasteiger partial charge >= 0.3 is 0 Å². The van der Waals surface area contributed by atoms with E-state index in [9.17, 15) is 0 Å². The molecular formula is C18H24N4. The number of fused-ring (bicyclic) bond motifs is 1. The van der Waals surface area contributed by atoms with E-state index in [1.807, 2.05) is 6.92 Å². The highest BCUT2D eigenvalue weighted by molar-refractivity contribution is 5.52. The van der Waals surface area contributed by atoms with Gasteiger partial charge in [-0.25, -0.2) is 0 Å². The number of hydrogen-bond acceptors (Lipinski definition) is 3. The molecule has 0 amide bonds. The summed E-state index contributed by atoms with van der Waals surface area (Å²) < 4.78 is 2.27. The summed E-state index contributed by atoms with van der Waals surface area (Å²) in [5, 5.41) is 12.0. The van der Waals surface area contributed by atoms with Crippen molar-refractivity contribution in [1.82, 2.24) is 20.1 Å². The molecule has 2 aromatic rings. The van der Waals surface area contributed by atoms with Crippen molar-refractivity contribution in [3.63, 3.8) is 0 Å². The summed E-state index contributed by atoms with van der Waals surface area (Å²) in [5.74, 6) is 2.86. The average Bonchev–Trinajstić information content (AvgIpc) is 2.89. The zero-order valence-corrected chi connectivity index (χ0v) is 13.4. The fourth-order valence-corrected chi connectivity index (χ4v) is 3.05. The van der Waals surface area contributed by atoms with E-state index in [2.05, 4.69) is 63.4 Å². The lowest BCUT2D eigenvalue weighted by atomic mass is 9.99. The zero-order valence-electron chi connectivity index (χ0n) is 13.4. The Bertz CT molecular complexity index is 642. The van der Waals surface area contributed by atoms with Crippen LogP contribution in [0, 0.1) is 12.8 Å². The van der Waals surface area contributed by atoms with Gasteiger partial charge in [0.15, 0.2) is 0 Å². The van der Waals surface area contributed by atoms with Crippen molar-refractivity contribution in [2.45, 2.75) is 33.2 Å². The van der Waals surface area contributed by atoms with Crippen LogP contribution in [0.4, 0.5) is 0 Å². The number of rotatable bonds is 5. The van der Waals surface area contributed by atoms with Gasteiger partial charge in [0.05, 0.1) is 0 Å². The summed E-state index contributed by atoms with van der Waals surface area (Å²) in [6.45, 7) is 7.26. The van der Waals surface area contributed by atoms with Crippen molar-refractivity contribution in [2.24, 2.45) is 5.92 Å². The minimum Gasteiger partial charge on any atom is -0.315 e. The first-order valence-electron chi connectivity index (χ1n) is 8.04. The van der Waals surface area contributed by atoms with E-state index in [4.69, 9.17) is 0 Å². The van der Waals surface area contributed by atoms with E-state index in [0.29, 0.717) is 5.92 Å². The first kappa shape index (κ1) is 15.0. The molecule has 4 nitrogen and oxygen atoms in total. The van der Waals surface area contributed by atoms with Crippen LogP contribution in [0.3, 0.4) is 0 Å². The third-order valence-corrected chi connectivity index (χ3v) is 4.28. The Morgan fingerprint density at radius 3 is 2.95 bits per heavy atom. The maximum atomic E-state index is 4.23. The predicted octanol–water partition coefficient (Wildman–Crippen LogP) is 2.84. The second-order valence-electron chi connectivity index (χ2n) is 6.21. The largest absolute Gasteiger partial charge is 0.315 e. The van der Waals surface area contributed by atoms with Gasteiger partial charge in [0.2, 0.25) is 0 Å². The summed E-state index contributed by atoms with van der Waals surface area (Å²) in [6, 6.07) is 10.5. The number of aromatic nitrogens is 3. The highest BCUT2D eigenvalue weighted by Crippen LogP contribution is 2.19.